The fourth-order valence-electron chi connectivity index (χ4n) is 2.96. The lowest BCUT2D eigenvalue weighted by Crippen LogP contribution is -2.67. The van der Waals surface area contributed by atoms with Crippen LogP contribution in [0.3, 0.4) is 0 Å². The monoisotopic (exact) mass is 328 g/mol. The molecule has 0 aliphatic rings. The number of carbonyl (C=O) groups excluding carboxylic acids is 1. The van der Waals surface area contributed by atoms with Gasteiger partial charge in [-0.3, -0.25) is 4.79 Å². The summed E-state index contributed by atoms with van der Waals surface area (Å²) in [7, 11) is -2.81. The van der Waals surface area contributed by atoms with E-state index >= 15 is 0 Å². The Balaban J connectivity index is 2.67. The van der Waals surface area contributed by atoms with E-state index in [-0.39, 0.29) is 24.0 Å². The molecule has 2 rings (SSSR count). The first kappa shape index (κ1) is 17.4. The number of carbonyl (C=O) groups is 1. The van der Waals surface area contributed by atoms with Crippen LogP contribution >= 0.6 is 0 Å². The van der Waals surface area contributed by atoms with Crippen molar-refractivity contribution in [3.8, 4) is 0 Å². The van der Waals surface area contributed by atoms with Gasteiger partial charge in [-0.1, -0.05) is 81.4 Å². The Hall–Kier alpha value is -1.91. The Morgan fingerprint density at radius 1 is 0.957 bits per heavy atom. The molecule has 0 spiro atoms. The SMILES string of the molecule is CC(C)(C)[Si](OC(=O)CCO)(c1ccccc1)c1ccccc1. The fourth-order valence-corrected chi connectivity index (χ4v) is 7.34. The van der Waals surface area contributed by atoms with Gasteiger partial charge in [0, 0.05) is 0 Å². The number of rotatable bonds is 5. The minimum Gasteiger partial charge on any atom is -0.509 e. The van der Waals surface area contributed by atoms with Gasteiger partial charge in [-0.25, -0.2) is 0 Å². The summed E-state index contributed by atoms with van der Waals surface area (Å²) in [5.74, 6) is -0.346. The first-order valence-electron chi connectivity index (χ1n) is 7.85. The molecule has 2 aromatic carbocycles. The molecule has 0 amide bonds. The molecule has 0 heterocycles. The maximum atomic E-state index is 12.3. The van der Waals surface area contributed by atoms with Gasteiger partial charge in [0.05, 0.1) is 13.0 Å². The Labute approximate surface area is 139 Å². The Bertz CT molecular complexity index is 593. The van der Waals surface area contributed by atoms with Crippen LogP contribution in [-0.4, -0.2) is 26.0 Å². The zero-order valence-corrected chi connectivity index (χ0v) is 15.0. The third-order valence-corrected chi connectivity index (χ3v) is 8.94. The fraction of sp³-hybridized carbons (Fsp3) is 0.316. The van der Waals surface area contributed by atoms with E-state index in [1.54, 1.807) is 0 Å². The standard InChI is InChI=1S/C19H24O3Si/c1-19(2,3)23(22-18(21)14-15-20,16-10-6-4-7-11-16)17-12-8-5-9-13-17/h4-13,20H,14-15H2,1-3H3. The van der Waals surface area contributed by atoms with Crippen LogP contribution in [0.25, 0.3) is 0 Å². The summed E-state index contributed by atoms with van der Waals surface area (Å²) in [6.07, 6.45) is 0.0184. The molecule has 0 aliphatic carbocycles. The first-order chi connectivity index (χ1) is 10.9. The van der Waals surface area contributed by atoms with Crippen molar-refractivity contribution in [1.29, 1.82) is 0 Å². The summed E-state index contributed by atoms with van der Waals surface area (Å²) in [6.45, 7) is 6.15. The van der Waals surface area contributed by atoms with Gasteiger partial charge < -0.3 is 9.53 Å². The molecule has 0 saturated heterocycles. The van der Waals surface area contributed by atoms with Crippen LogP contribution in [0.4, 0.5) is 0 Å². The molecule has 0 fully saturated rings. The number of aliphatic hydroxyl groups excluding tert-OH is 1. The summed E-state index contributed by atoms with van der Waals surface area (Å²) in [5.41, 5.74) is 0. The smallest absolute Gasteiger partial charge is 0.323 e. The molecule has 23 heavy (non-hydrogen) atoms. The number of aliphatic hydroxyl groups is 1. The molecule has 3 nitrogen and oxygen atoms in total. The number of benzene rings is 2. The van der Waals surface area contributed by atoms with Crippen molar-refractivity contribution in [1.82, 2.24) is 0 Å². The highest BCUT2D eigenvalue weighted by Crippen LogP contribution is 2.36. The van der Waals surface area contributed by atoms with E-state index < -0.39 is 8.32 Å². The molecule has 0 saturated carbocycles. The van der Waals surface area contributed by atoms with Crippen LogP contribution in [0.15, 0.2) is 60.7 Å². The average Bonchev–Trinajstić information content (AvgIpc) is 2.53. The molecule has 0 atom stereocenters. The van der Waals surface area contributed by atoms with Gasteiger partial charge in [0.15, 0.2) is 0 Å². The van der Waals surface area contributed by atoms with E-state index in [0.717, 1.165) is 10.4 Å². The van der Waals surface area contributed by atoms with Crippen LogP contribution in [-0.2, 0) is 9.22 Å². The molecule has 1 N–H and O–H groups in total. The van der Waals surface area contributed by atoms with Gasteiger partial charge in [-0.2, -0.15) is 0 Å². The maximum Gasteiger partial charge on any atom is 0.323 e. The van der Waals surface area contributed by atoms with E-state index in [1.165, 1.54) is 0 Å². The average molecular weight is 328 g/mol. The van der Waals surface area contributed by atoms with Crippen LogP contribution in [0.2, 0.25) is 5.04 Å². The first-order valence-corrected chi connectivity index (χ1v) is 9.76. The van der Waals surface area contributed by atoms with Crippen molar-refractivity contribution in [3.63, 3.8) is 0 Å². The molecule has 0 aliphatic heterocycles. The molecule has 0 aromatic heterocycles. The Morgan fingerprint density at radius 3 is 1.74 bits per heavy atom. The highest BCUT2D eigenvalue weighted by Gasteiger charge is 2.52. The minimum absolute atomic E-state index is 0.0184. The summed E-state index contributed by atoms with van der Waals surface area (Å²) < 4.78 is 6.16. The second kappa shape index (κ2) is 7.11. The van der Waals surface area contributed by atoms with Gasteiger partial charge in [-0.05, 0) is 15.4 Å². The van der Waals surface area contributed by atoms with Crippen LogP contribution < -0.4 is 10.4 Å². The van der Waals surface area contributed by atoms with Gasteiger partial charge in [0.25, 0.3) is 5.97 Å². The Morgan fingerprint density at radius 2 is 1.39 bits per heavy atom. The zero-order valence-electron chi connectivity index (χ0n) is 14.0. The third-order valence-electron chi connectivity index (χ3n) is 4.00. The molecule has 0 bridgehead atoms. The van der Waals surface area contributed by atoms with Gasteiger partial charge in [0.2, 0.25) is 0 Å². The van der Waals surface area contributed by atoms with E-state index in [9.17, 15) is 4.79 Å². The number of hydrogen-bond acceptors (Lipinski definition) is 3. The molecule has 0 unspecified atom stereocenters. The quantitative estimate of drug-likeness (QED) is 0.858. The van der Waals surface area contributed by atoms with Crippen molar-refractivity contribution < 1.29 is 14.3 Å². The topological polar surface area (TPSA) is 46.5 Å². The molecular weight excluding hydrogens is 304 g/mol. The molecule has 0 radical (unpaired) electrons. The maximum absolute atomic E-state index is 12.3. The largest absolute Gasteiger partial charge is 0.509 e. The molecule has 122 valence electrons. The highest BCUT2D eigenvalue weighted by atomic mass is 28.4. The zero-order chi connectivity index (χ0) is 16.9. The second-order valence-corrected chi connectivity index (χ2v) is 10.8. The van der Waals surface area contributed by atoms with E-state index in [1.807, 2.05) is 60.7 Å². The normalized spacial score (nSPS) is 12.0. The third kappa shape index (κ3) is 3.54. The van der Waals surface area contributed by atoms with Crippen molar-refractivity contribution >= 4 is 24.7 Å². The summed E-state index contributed by atoms with van der Waals surface area (Å²) in [6, 6.07) is 20.0. The van der Waals surface area contributed by atoms with Crippen molar-refractivity contribution in [3.05, 3.63) is 60.7 Å². The van der Waals surface area contributed by atoms with Crippen molar-refractivity contribution in [2.45, 2.75) is 32.2 Å². The predicted octanol–water partition coefficient (Wildman–Crippen LogP) is 2.47. The molecule has 2 aromatic rings. The second-order valence-electron chi connectivity index (χ2n) is 6.61. The Kier molecular flexibility index (Phi) is 5.39. The van der Waals surface area contributed by atoms with Crippen LogP contribution in [0, 0.1) is 0 Å². The van der Waals surface area contributed by atoms with Crippen LogP contribution in [0.1, 0.15) is 27.2 Å². The van der Waals surface area contributed by atoms with Crippen molar-refractivity contribution in [2.24, 2.45) is 0 Å². The van der Waals surface area contributed by atoms with Gasteiger partial charge in [-0.15, -0.1) is 0 Å². The molecular formula is C19H24O3Si. The lowest BCUT2D eigenvalue weighted by molar-refractivity contribution is -0.135. The molecule has 4 heteroatoms. The highest BCUT2D eigenvalue weighted by molar-refractivity contribution is 7.00. The van der Waals surface area contributed by atoms with Gasteiger partial charge >= 0.3 is 8.32 Å². The predicted molar refractivity (Wildman–Crippen MR) is 95.4 cm³/mol. The lowest BCUT2D eigenvalue weighted by Gasteiger charge is -2.42. The minimum atomic E-state index is -2.81. The number of hydrogen-bond donors (Lipinski definition) is 1. The van der Waals surface area contributed by atoms with Gasteiger partial charge in [0.1, 0.15) is 0 Å². The summed E-state index contributed by atoms with van der Waals surface area (Å²) in [5, 5.41) is 11.0. The summed E-state index contributed by atoms with van der Waals surface area (Å²) in [4.78, 5) is 12.3. The lowest BCUT2D eigenvalue weighted by atomic mass is 10.2. The summed E-state index contributed by atoms with van der Waals surface area (Å²) >= 11 is 0. The van der Waals surface area contributed by atoms with E-state index in [4.69, 9.17) is 9.53 Å². The van der Waals surface area contributed by atoms with Crippen molar-refractivity contribution in [2.75, 3.05) is 6.61 Å². The van der Waals surface area contributed by atoms with E-state index in [2.05, 4.69) is 20.8 Å². The van der Waals surface area contributed by atoms with E-state index in [0.29, 0.717) is 0 Å². The van der Waals surface area contributed by atoms with Crippen LogP contribution in [0.5, 0.6) is 0 Å².